The predicted molar refractivity (Wildman–Crippen MR) is 232 cm³/mol. The van der Waals surface area contributed by atoms with E-state index in [1.54, 1.807) is 16.0 Å². The number of hydrogen-bond donors (Lipinski definition) is 5. The molecule has 4 amide bonds. The molecule has 4 unspecified atom stereocenters. The summed E-state index contributed by atoms with van der Waals surface area (Å²) in [6.45, 7) is 9.11. The van der Waals surface area contributed by atoms with Crippen LogP contribution in [0.5, 0.6) is 0 Å². The van der Waals surface area contributed by atoms with E-state index in [1.807, 2.05) is 33.9 Å². The van der Waals surface area contributed by atoms with Crippen LogP contribution in [0.4, 0.5) is 9.59 Å². The van der Waals surface area contributed by atoms with Crippen LogP contribution >= 0.6 is 0 Å². The van der Waals surface area contributed by atoms with Gasteiger partial charge in [0.15, 0.2) is 5.79 Å². The Balaban J connectivity index is 0.972. The minimum Gasteiger partial charge on any atom is -0.465 e. The molecule has 4 fully saturated rings. The number of carbonyl (C=O) groups excluding carboxylic acids is 3. The highest BCUT2D eigenvalue weighted by Crippen LogP contribution is 2.55. The number of benzene rings is 2. The molecule has 334 valence electrons. The average molecular weight is 863 g/mol. The van der Waals surface area contributed by atoms with Crippen molar-refractivity contribution in [2.24, 2.45) is 11.8 Å². The van der Waals surface area contributed by atoms with E-state index in [0.717, 1.165) is 72.4 Å². The topological polar surface area (TPSA) is 204 Å². The van der Waals surface area contributed by atoms with Crippen molar-refractivity contribution < 1.29 is 38.5 Å². The maximum atomic E-state index is 14.1. The molecule has 16 nitrogen and oxygen atoms in total. The number of likely N-dealkylation sites (tertiary alicyclic amines) is 2. The van der Waals surface area contributed by atoms with Crippen molar-refractivity contribution in [1.29, 1.82) is 0 Å². The van der Waals surface area contributed by atoms with Gasteiger partial charge in [0.1, 0.15) is 23.7 Å². The third-order valence-electron chi connectivity index (χ3n) is 14.0. The maximum absolute atomic E-state index is 14.1. The molecule has 5 heterocycles. The average Bonchev–Trinajstić information content (AvgIpc) is 4.15. The first-order valence-electron chi connectivity index (χ1n) is 22.4. The zero-order valence-corrected chi connectivity index (χ0v) is 36.6. The van der Waals surface area contributed by atoms with Crippen LogP contribution in [0, 0.1) is 11.8 Å². The van der Waals surface area contributed by atoms with E-state index in [1.165, 1.54) is 23.8 Å². The number of H-pyrrole nitrogens is 2. The smallest absolute Gasteiger partial charge is 0.407 e. The van der Waals surface area contributed by atoms with Crippen LogP contribution in [0.15, 0.2) is 48.8 Å². The number of hydrogen-bond acceptors (Lipinski definition) is 9. The van der Waals surface area contributed by atoms with E-state index in [2.05, 4.69) is 57.0 Å². The SMILES string of the molecule is COC(=O)NC(C(=O)N1CC2(CC1c1ncc(-c3ccc(-c4ccc(-c5cnc(C6CCCN6C(=O)C(NC(=O)O)C(C)C)[nH]5)c5c4C4CCC5CC4)cc3)[nH]1)OCCO2)C(C)C. The molecule has 3 aliphatic carbocycles. The van der Waals surface area contributed by atoms with E-state index in [9.17, 15) is 24.3 Å². The summed E-state index contributed by atoms with van der Waals surface area (Å²) in [4.78, 5) is 71.7. The fourth-order valence-electron chi connectivity index (χ4n) is 10.8. The van der Waals surface area contributed by atoms with Crippen molar-refractivity contribution in [2.75, 3.05) is 33.4 Å². The fourth-order valence-corrected chi connectivity index (χ4v) is 10.8. The van der Waals surface area contributed by atoms with E-state index >= 15 is 0 Å². The van der Waals surface area contributed by atoms with Crippen LogP contribution < -0.4 is 10.6 Å². The number of aromatic nitrogens is 4. The minimum absolute atomic E-state index is 0.192. The molecule has 4 atom stereocenters. The molecular weight excluding hydrogens is 805 g/mol. The molecule has 16 heteroatoms. The second kappa shape index (κ2) is 17.1. The monoisotopic (exact) mass is 862 g/mol. The number of carbonyl (C=O) groups is 4. The Hall–Kier alpha value is -5.74. The van der Waals surface area contributed by atoms with Crippen molar-refractivity contribution in [3.8, 4) is 33.6 Å². The molecular formula is C47H58N8O8. The van der Waals surface area contributed by atoms with E-state index < -0.39 is 36.1 Å². The Morgan fingerprint density at radius 3 is 1.94 bits per heavy atom. The number of nitrogens with one attached hydrogen (secondary N) is 4. The first-order valence-corrected chi connectivity index (χ1v) is 22.4. The van der Waals surface area contributed by atoms with Crippen LogP contribution in [0.2, 0.25) is 0 Å². The summed E-state index contributed by atoms with van der Waals surface area (Å²) < 4.78 is 17.0. The van der Waals surface area contributed by atoms with Crippen LogP contribution in [0.3, 0.4) is 0 Å². The Morgan fingerprint density at radius 1 is 0.746 bits per heavy atom. The predicted octanol–water partition coefficient (Wildman–Crippen LogP) is 7.24. The molecule has 3 saturated heterocycles. The van der Waals surface area contributed by atoms with Crippen LogP contribution in [0.25, 0.3) is 33.6 Å². The zero-order valence-electron chi connectivity index (χ0n) is 36.6. The van der Waals surface area contributed by atoms with Crippen molar-refractivity contribution >= 4 is 24.0 Å². The Kier molecular flexibility index (Phi) is 11.5. The van der Waals surface area contributed by atoms with Crippen molar-refractivity contribution in [3.05, 3.63) is 71.6 Å². The van der Waals surface area contributed by atoms with Crippen LogP contribution in [0.1, 0.15) is 119 Å². The fraction of sp³-hybridized carbons (Fsp3) is 0.532. The van der Waals surface area contributed by atoms with Gasteiger partial charge in [-0.3, -0.25) is 9.59 Å². The Labute approximate surface area is 366 Å². The lowest BCUT2D eigenvalue weighted by molar-refractivity contribution is -0.153. The number of amides is 4. The van der Waals surface area contributed by atoms with Gasteiger partial charge in [-0.1, -0.05) is 64.1 Å². The first-order chi connectivity index (χ1) is 30.3. The number of imidazole rings is 2. The second-order valence-electron chi connectivity index (χ2n) is 18.5. The van der Waals surface area contributed by atoms with Gasteiger partial charge in [-0.2, -0.15) is 0 Å². The summed E-state index contributed by atoms with van der Waals surface area (Å²) in [7, 11) is 1.28. The summed E-state index contributed by atoms with van der Waals surface area (Å²) in [6, 6.07) is 10.7. The maximum Gasteiger partial charge on any atom is 0.407 e. The van der Waals surface area contributed by atoms with Gasteiger partial charge in [0.05, 0.1) is 62.7 Å². The number of fused-ring (bicyclic) bond motifs is 2. The number of methoxy groups -OCH3 is 1. The van der Waals surface area contributed by atoms with Gasteiger partial charge in [-0.15, -0.1) is 0 Å². The molecule has 1 spiro atoms. The summed E-state index contributed by atoms with van der Waals surface area (Å²) in [5, 5.41) is 14.6. The third-order valence-corrected chi connectivity index (χ3v) is 14.0. The minimum atomic E-state index is -1.21. The molecule has 2 aromatic carbocycles. The van der Waals surface area contributed by atoms with Gasteiger partial charge in [0.25, 0.3) is 0 Å². The van der Waals surface area contributed by atoms with Gasteiger partial charge in [0.2, 0.25) is 11.8 Å². The molecule has 1 saturated carbocycles. The first kappa shape index (κ1) is 42.6. The molecule has 3 aliphatic heterocycles. The van der Waals surface area contributed by atoms with Crippen molar-refractivity contribution in [1.82, 2.24) is 40.4 Å². The van der Waals surface area contributed by atoms with E-state index in [-0.39, 0.29) is 36.2 Å². The standard InChI is InChI=1S/C47H58N8O8/c1-25(2)39(52-45(58)59)43(56)54-18-6-7-35(54)41-49-23-34(51-41)32-17-16-31(37-29-12-14-30(15-13-29)38(32)37)27-8-10-28(11-9-27)33-22-48-42(50-33)36-21-47(62-19-20-63-47)24-55(36)44(57)40(26(3)4)53-46(60)61-5/h8-11,16-17,22-23,25-26,29-30,35-36,39-40,52H,6-7,12-15,18-21,24H2,1-5H3,(H,48,50)(H,49,51)(H,53,60)(H,58,59). The molecule has 2 aromatic heterocycles. The van der Waals surface area contributed by atoms with Gasteiger partial charge in [0, 0.05) is 18.5 Å². The van der Waals surface area contributed by atoms with Crippen molar-refractivity contribution in [2.45, 2.75) is 114 Å². The van der Waals surface area contributed by atoms with Gasteiger partial charge >= 0.3 is 12.2 Å². The quantitative estimate of drug-likeness (QED) is 0.102. The molecule has 6 aliphatic rings. The molecule has 63 heavy (non-hydrogen) atoms. The number of nitrogens with zero attached hydrogens (tertiary/aromatic N) is 4. The molecule has 4 aromatic rings. The van der Waals surface area contributed by atoms with Gasteiger partial charge in [-0.25, -0.2) is 19.6 Å². The zero-order chi connectivity index (χ0) is 44.2. The number of ether oxygens (including phenoxy) is 3. The lowest BCUT2D eigenvalue weighted by atomic mass is 9.64. The molecule has 0 radical (unpaired) electrons. The van der Waals surface area contributed by atoms with E-state index in [0.29, 0.717) is 43.8 Å². The lowest BCUT2D eigenvalue weighted by Crippen LogP contribution is -2.52. The van der Waals surface area contributed by atoms with Gasteiger partial charge in [-0.05, 0) is 90.0 Å². The summed E-state index contributed by atoms with van der Waals surface area (Å²) in [5.41, 5.74) is 9.05. The van der Waals surface area contributed by atoms with E-state index in [4.69, 9.17) is 24.2 Å². The highest BCUT2D eigenvalue weighted by Gasteiger charge is 2.53. The largest absolute Gasteiger partial charge is 0.465 e. The third kappa shape index (κ3) is 7.96. The summed E-state index contributed by atoms with van der Waals surface area (Å²) in [6.07, 6.45) is 8.42. The summed E-state index contributed by atoms with van der Waals surface area (Å²) in [5.74, 6) is 0.455. The summed E-state index contributed by atoms with van der Waals surface area (Å²) >= 11 is 0. The van der Waals surface area contributed by atoms with Crippen molar-refractivity contribution in [3.63, 3.8) is 0 Å². The highest BCUT2D eigenvalue weighted by atomic mass is 16.7. The number of carboxylic acid groups (broad SMARTS) is 1. The normalized spacial score (nSPS) is 23.3. The lowest BCUT2D eigenvalue weighted by Gasteiger charge is -2.41. The Morgan fingerprint density at radius 2 is 1.30 bits per heavy atom. The number of aromatic amines is 2. The number of rotatable bonds is 11. The molecule has 10 rings (SSSR count). The van der Waals surface area contributed by atoms with Crippen LogP contribution in [-0.4, -0.2) is 110 Å². The van der Waals surface area contributed by atoms with Gasteiger partial charge < -0.3 is 49.7 Å². The highest BCUT2D eigenvalue weighted by molar-refractivity contribution is 5.87. The molecule has 5 N–H and O–H groups in total. The van der Waals surface area contributed by atoms with Crippen LogP contribution in [-0.2, 0) is 23.8 Å². The molecule has 2 bridgehead atoms. The second-order valence-corrected chi connectivity index (χ2v) is 18.5. The number of alkyl carbamates (subject to hydrolysis) is 1. The Bertz CT molecular complexity index is 2360.